The van der Waals surface area contributed by atoms with Gasteiger partial charge in [-0.25, -0.2) is 8.78 Å². The number of piperidine rings is 1. The Bertz CT molecular complexity index is 965. The molecule has 6 nitrogen and oxygen atoms in total. The lowest BCUT2D eigenvalue weighted by Crippen LogP contribution is -2.44. The molecule has 0 unspecified atom stereocenters. The van der Waals surface area contributed by atoms with Crippen LogP contribution in [0.4, 0.5) is 14.6 Å². The number of hydrogen-bond donors (Lipinski definition) is 1. The average Bonchev–Trinajstić information content (AvgIpc) is 2.75. The van der Waals surface area contributed by atoms with Crippen LogP contribution in [0.5, 0.6) is 5.88 Å². The zero-order valence-electron chi connectivity index (χ0n) is 17.9. The van der Waals surface area contributed by atoms with Crippen LogP contribution in [0.2, 0.25) is 5.02 Å². The number of nitrogens with zero attached hydrogens (tertiary/aromatic N) is 2. The van der Waals surface area contributed by atoms with Crippen molar-refractivity contribution in [1.82, 2.24) is 9.88 Å². The van der Waals surface area contributed by atoms with Gasteiger partial charge in [0.2, 0.25) is 11.8 Å². The molecule has 2 heterocycles. The van der Waals surface area contributed by atoms with Gasteiger partial charge in [0, 0.05) is 31.6 Å². The van der Waals surface area contributed by atoms with Crippen molar-refractivity contribution in [2.24, 2.45) is 0 Å². The monoisotopic (exact) mass is 465 g/mol. The fourth-order valence-electron chi connectivity index (χ4n) is 3.64. The highest BCUT2D eigenvalue weighted by molar-refractivity contribution is 6.31. The van der Waals surface area contributed by atoms with Gasteiger partial charge in [-0.05, 0) is 56.4 Å². The Morgan fingerprint density at radius 2 is 1.97 bits per heavy atom. The molecule has 9 heteroatoms. The molecule has 2 amide bonds. The van der Waals surface area contributed by atoms with E-state index in [1.165, 1.54) is 19.1 Å². The van der Waals surface area contributed by atoms with E-state index in [4.69, 9.17) is 16.3 Å². The summed E-state index contributed by atoms with van der Waals surface area (Å²) in [7, 11) is 0. The van der Waals surface area contributed by atoms with Crippen LogP contribution < -0.4 is 10.1 Å². The number of pyridine rings is 1. The summed E-state index contributed by atoms with van der Waals surface area (Å²) in [6.07, 6.45) is 2.21. The molecule has 1 aliphatic heterocycles. The molecule has 0 aliphatic carbocycles. The lowest BCUT2D eigenvalue weighted by Gasteiger charge is -2.36. The van der Waals surface area contributed by atoms with Crippen molar-refractivity contribution in [3.63, 3.8) is 0 Å². The molecule has 0 radical (unpaired) electrons. The number of rotatable bonds is 8. The van der Waals surface area contributed by atoms with Crippen molar-refractivity contribution in [3.05, 3.63) is 52.8 Å². The highest BCUT2D eigenvalue weighted by Crippen LogP contribution is 2.32. The van der Waals surface area contributed by atoms with Gasteiger partial charge in [-0.15, -0.1) is 0 Å². The first-order valence-corrected chi connectivity index (χ1v) is 10.9. The summed E-state index contributed by atoms with van der Waals surface area (Å²) in [6, 6.07) is 8.95. The van der Waals surface area contributed by atoms with Crippen molar-refractivity contribution in [2.45, 2.75) is 44.7 Å². The van der Waals surface area contributed by atoms with Crippen molar-refractivity contribution in [1.29, 1.82) is 0 Å². The highest BCUT2D eigenvalue weighted by Gasteiger charge is 2.35. The number of nitrogens with one attached hydrogen (secondary N) is 1. The molecule has 172 valence electrons. The van der Waals surface area contributed by atoms with Gasteiger partial charge in [-0.1, -0.05) is 17.7 Å². The van der Waals surface area contributed by atoms with E-state index in [0.717, 1.165) is 6.07 Å². The molecule has 2 aromatic rings. The molecule has 0 saturated carbocycles. The summed E-state index contributed by atoms with van der Waals surface area (Å²) >= 11 is 5.76. The number of amides is 2. The maximum absolute atomic E-state index is 15.2. The number of aromatic nitrogens is 1. The molecule has 1 N–H and O–H groups in total. The van der Waals surface area contributed by atoms with Crippen LogP contribution in [0.15, 0.2) is 36.4 Å². The normalized spacial score (nSPS) is 15.3. The van der Waals surface area contributed by atoms with Crippen LogP contribution in [-0.2, 0) is 4.79 Å². The molecule has 0 spiro atoms. The molecule has 32 heavy (non-hydrogen) atoms. The summed E-state index contributed by atoms with van der Waals surface area (Å²) in [6.45, 7) is 2.41. The van der Waals surface area contributed by atoms with Gasteiger partial charge in [-0.2, -0.15) is 4.98 Å². The van der Waals surface area contributed by atoms with Gasteiger partial charge in [0.1, 0.15) is 17.3 Å². The molecule has 3 rings (SSSR count). The Hall–Kier alpha value is -2.74. The third-order valence-electron chi connectivity index (χ3n) is 5.41. The quantitative estimate of drug-likeness (QED) is 0.555. The first-order valence-electron chi connectivity index (χ1n) is 10.6. The maximum Gasteiger partial charge on any atom is 0.253 e. The molecule has 0 atom stereocenters. The Kier molecular flexibility index (Phi) is 8.01. The van der Waals surface area contributed by atoms with Gasteiger partial charge < -0.3 is 15.0 Å². The maximum atomic E-state index is 15.2. The minimum atomic E-state index is -1.32. The van der Waals surface area contributed by atoms with Gasteiger partial charge in [-0.3, -0.25) is 9.59 Å². The van der Waals surface area contributed by atoms with Crippen LogP contribution in [-0.4, -0.2) is 47.1 Å². The van der Waals surface area contributed by atoms with Gasteiger partial charge >= 0.3 is 0 Å². The number of alkyl halides is 1. The smallest absolute Gasteiger partial charge is 0.253 e. The molecular weight excluding hydrogens is 440 g/mol. The lowest BCUT2D eigenvalue weighted by molar-refractivity contribution is -0.114. The van der Waals surface area contributed by atoms with E-state index < -0.39 is 11.5 Å². The number of likely N-dealkylation sites (tertiary alicyclic amines) is 1. The summed E-state index contributed by atoms with van der Waals surface area (Å²) < 4.78 is 34.0. The number of ether oxygens (including phenoxy) is 1. The zero-order chi connectivity index (χ0) is 23.1. The first kappa shape index (κ1) is 23.9. The lowest BCUT2D eigenvalue weighted by atomic mass is 9.88. The van der Waals surface area contributed by atoms with Crippen molar-refractivity contribution in [3.8, 4) is 5.88 Å². The van der Waals surface area contributed by atoms with E-state index in [9.17, 15) is 14.0 Å². The van der Waals surface area contributed by atoms with Gasteiger partial charge in [0.25, 0.3) is 5.91 Å². The number of carbonyl (C=O) groups is 2. The highest BCUT2D eigenvalue weighted by atomic mass is 35.5. The second-order valence-corrected chi connectivity index (χ2v) is 8.33. The summed E-state index contributed by atoms with van der Waals surface area (Å²) in [5.74, 6) is -0.237. The van der Waals surface area contributed by atoms with E-state index in [1.54, 1.807) is 23.1 Å². The molecular formula is C23H26ClF2N3O3. The largest absolute Gasteiger partial charge is 0.478 e. The number of halogens is 3. The number of benzene rings is 1. The van der Waals surface area contributed by atoms with E-state index in [1.807, 2.05) is 0 Å². The molecule has 1 aromatic heterocycles. The third kappa shape index (κ3) is 6.63. The molecule has 1 saturated heterocycles. The third-order valence-corrected chi connectivity index (χ3v) is 5.70. The standard InChI is InChI=1S/C23H26ClF2N3O3/c1-16(30)27-20-5-4-6-21(28-20)32-14-3-2-9-23(26)10-12-29(13-11-23)22(31)17-7-8-19(25)18(24)15-17/h4-8,15H,2-3,9-14H2,1H3,(H,27,28,30). The van der Waals surface area contributed by atoms with Crippen molar-refractivity contribution >= 4 is 29.2 Å². The summed E-state index contributed by atoms with van der Waals surface area (Å²) in [5, 5.41) is 2.49. The minimum Gasteiger partial charge on any atom is -0.478 e. The molecule has 1 aliphatic rings. The predicted molar refractivity (Wildman–Crippen MR) is 118 cm³/mol. The van der Waals surface area contributed by atoms with E-state index in [-0.39, 0.29) is 29.7 Å². The Labute approximate surface area is 190 Å². The van der Waals surface area contributed by atoms with Crippen LogP contribution >= 0.6 is 11.6 Å². The topological polar surface area (TPSA) is 71.5 Å². The van der Waals surface area contributed by atoms with E-state index in [0.29, 0.717) is 56.2 Å². The van der Waals surface area contributed by atoms with Gasteiger partial charge in [0.15, 0.2) is 0 Å². The SMILES string of the molecule is CC(=O)Nc1cccc(OCCCCC2(F)CCN(C(=O)c3ccc(F)c(Cl)c3)CC2)n1. The predicted octanol–water partition coefficient (Wildman–Crippen LogP) is 5.03. The van der Waals surface area contributed by atoms with Gasteiger partial charge in [0.05, 0.1) is 11.6 Å². The number of carbonyl (C=O) groups excluding carboxylic acids is 2. The first-order chi connectivity index (χ1) is 15.3. The summed E-state index contributed by atoms with van der Waals surface area (Å²) in [5.41, 5.74) is -1.02. The van der Waals surface area contributed by atoms with E-state index in [2.05, 4.69) is 10.3 Å². The molecule has 0 bridgehead atoms. The molecule has 1 fully saturated rings. The number of unbranched alkanes of at least 4 members (excludes halogenated alkanes) is 1. The number of hydrogen-bond acceptors (Lipinski definition) is 4. The Morgan fingerprint density at radius 3 is 2.66 bits per heavy atom. The van der Waals surface area contributed by atoms with Crippen LogP contribution in [0.1, 0.15) is 49.4 Å². The molecule has 1 aromatic carbocycles. The van der Waals surface area contributed by atoms with Crippen molar-refractivity contribution < 1.29 is 23.1 Å². The average molecular weight is 466 g/mol. The summed E-state index contributed by atoms with van der Waals surface area (Å²) in [4.78, 5) is 29.4. The van der Waals surface area contributed by atoms with Crippen LogP contribution in [0.25, 0.3) is 0 Å². The number of anilines is 1. The van der Waals surface area contributed by atoms with E-state index >= 15 is 4.39 Å². The zero-order valence-corrected chi connectivity index (χ0v) is 18.6. The second-order valence-electron chi connectivity index (χ2n) is 7.92. The fourth-order valence-corrected chi connectivity index (χ4v) is 3.82. The van der Waals surface area contributed by atoms with Crippen LogP contribution in [0, 0.1) is 5.82 Å². The Morgan fingerprint density at radius 1 is 1.22 bits per heavy atom. The fraction of sp³-hybridized carbons (Fsp3) is 0.435. The van der Waals surface area contributed by atoms with Crippen LogP contribution in [0.3, 0.4) is 0 Å². The Balaban J connectivity index is 1.39. The van der Waals surface area contributed by atoms with Crippen molar-refractivity contribution in [2.75, 3.05) is 25.0 Å². The second kappa shape index (κ2) is 10.7. The minimum absolute atomic E-state index is 0.105.